The van der Waals surface area contributed by atoms with Crippen molar-refractivity contribution < 1.29 is 9.13 Å². The highest BCUT2D eigenvalue weighted by atomic mass is 35.5. The van der Waals surface area contributed by atoms with Gasteiger partial charge in [0.1, 0.15) is 11.2 Å². The lowest BCUT2D eigenvalue weighted by molar-refractivity contribution is 0.125. The second-order valence-electron chi connectivity index (χ2n) is 2.70. The maximum atomic E-state index is 13.0. The minimum Gasteiger partial charge on any atom is -0.374 e. The Kier molecular flexibility index (Phi) is 4.37. The molecule has 0 N–H and O–H groups in total. The molecule has 0 bridgehead atoms. The Morgan fingerprint density at radius 1 is 1.50 bits per heavy atom. The van der Waals surface area contributed by atoms with E-state index in [9.17, 15) is 4.39 Å². The summed E-state index contributed by atoms with van der Waals surface area (Å²) in [5.74, 6) is -0.310. The van der Waals surface area contributed by atoms with Crippen molar-refractivity contribution >= 4 is 11.6 Å². The molecule has 74 valence electrons. The molecule has 1 aromatic rings. The highest BCUT2D eigenvalue weighted by Gasteiger charge is 2.04. The van der Waals surface area contributed by atoms with Crippen LogP contribution in [0.4, 0.5) is 4.39 Å². The van der Waals surface area contributed by atoms with Crippen LogP contribution >= 0.6 is 11.6 Å². The topological polar surface area (TPSA) is 33.0 Å². The standard InChI is InChI=1S/C10H9ClFNO/c11-9(5-13)7-14-6-8-3-1-2-4-10(8)12/h1-4,9H,6-7H2. The SMILES string of the molecule is N#CC(Cl)COCc1ccccc1F. The van der Waals surface area contributed by atoms with Gasteiger partial charge in [-0.05, 0) is 6.07 Å². The maximum absolute atomic E-state index is 13.0. The van der Waals surface area contributed by atoms with Gasteiger partial charge in [0, 0.05) is 5.56 Å². The number of halogens is 2. The van der Waals surface area contributed by atoms with Gasteiger partial charge in [0.2, 0.25) is 0 Å². The summed E-state index contributed by atoms with van der Waals surface area (Å²) in [5, 5.41) is 7.67. The molecule has 0 saturated carbocycles. The van der Waals surface area contributed by atoms with Gasteiger partial charge in [0.05, 0.1) is 19.3 Å². The molecule has 0 aliphatic carbocycles. The first kappa shape index (κ1) is 11.0. The van der Waals surface area contributed by atoms with E-state index in [0.29, 0.717) is 5.56 Å². The third kappa shape index (κ3) is 3.33. The third-order valence-electron chi connectivity index (χ3n) is 1.62. The van der Waals surface area contributed by atoms with Crippen LogP contribution in [0.15, 0.2) is 24.3 Å². The lowest BCUT2D eigenvalue weighted by Crippen LogP contribution is -2.07. The zero-order chi connectivity index (χ0) is 10.4. The molecule has 1 unspecified atom stereocenters. The number of hydrogen-bond donors (Lipinski definition) is 0. The van der Waals surface area contributed by atoms with E-state index in [1.165, 1.54) is 6.07 Å². The van der Waals surface area contributed by atoms with E-state index in [0.717, 1.165) is 0 Å². The zero-order valence-corrected chi connectivity index (χ0v) is 8.17. The lowest BCUT2D eigenvalue weighted by Gasteiger charge is -2.04. The van der Waals surface area contributed by atoms with Gasteiger partial charge in [-0.3, -0.25) is 0 Å². The molecule has 1 atom stereocenters. The van der Waals surface area contributed by atoms with E-state index in [1.807, 2.05) is 6.07 Å². The Hall–Kier alpha value is -1.11. The summed E-state index contributed by atoms with van der Waals surface area (Å²) in [5.41, 5.74) is 0.467. The van der Waals surface area contributed by atoms with Gasteiger partial charge in [0.15, 0.2) is 0 Å². The molecule has 1 aromatic carbocycles. The van der Waals surface area contributed by atoms with Crippen LogP contribution in [0.1, 0.15) is 5.56 Å². The zero-order valence-electron chi connectivity index (χ0n) is 7.41. The molecule has 4 heteroatoms. The minimum absolute atomic E-state index is 0.104. The average Bonchev–Trinajstić information content (AvgIpc) is 2.20. The first-order valence-corrected chi connectivity index (χ1v) is 4.52. The van der Waals surface area contributed by atoms with Crippen molar-refractivity contribution in [1.29, 1.82) is 5.26 Å². The van der Waals surface area contributed by atoms with E-state index >= 15 is 0 Å². The van der Waals surface area contributed by atoms with Gasteiger partial charge in [-0.15, -0.1) is 11.6 Å². The molecule has 0 radical (unpaired) electrons. The fourth-order valence-electron chi connectivity index (χ4n) is 0.925. The molecule has 0 aliphatic heterocycles. The monoisotopic (exact) mass is 213 g/mol. The summed E-state index contributed by atoms with van der Waals surface area (Å²) in [7, 11) is 0. The number of alkyl halides is 1. The normalized spacial score (nSPS) is 12.1. The van der Waals surface area contributed by atoms with E-state index in [-0.39, 0.29) is 19.0 Å². The molecule has 0 spiro atoms. The van der Waals surface area contributed by atoms with Crippen LogP contribution < -0.4 is 0 Å². The van der Waals surface area contributed by atoms with Crippen molar-refractivity contribution in [2.75, 3.05) is 6.61 Å². The summed E-state index contributed by atoms with van der Waals surface area (Å²) < 4.78 is 18.1. The first-order chi connectivity index (χ1) is 6.74. The Morgan fingerprint density at radius 3 is 2.86 bits per heavy atom. The molecular formula is C10H9ClFNO. The first-order valence-electron chi connectivity index (χ1n) is 4.09. The quantitative estimate of drug-likeness (QED) is 0.720. The van der Waals surface area contributed by atoms with Gasteiger partial charge in [-0.1, -0.05) is 18.2 Å². The average molecular weight is 214 g/mol. The number of rotatable bonds is 4. The second kappa shape index (κ2) is 5.58. The van der Waals surface area contributed by atoms with Gasteiger partial charge in [-0.2, -0.15) is 5.26 Å². The Bertz CT molecular complexity index is 337. The summed E-state index contributed by atoms with van der Waals surface area (Å²) in [6.45, 7) is 0.240. The van der Waals surface area contributed by atoms with Crippen molar-refractivity contribution in [2.24, 2.45) is 0 Å². The Labute approximate surface area is 86.9 Å². The minimum atomic E-state index is -0.679. The van der Waals surface area contributed by atoms with Crippen LogP contribution in [0.2, 0.25) is 0 Å². The summed E-state index contributed by atoms with van der Waals surface area (Å²) in [6, 6.07) is 8.14. The van der Waals surface area contributed by atoms with Crippen LogP contribution in [-0.2, 0) is 11.3 Å². The predicted molar refractivity (Wildman–Crippen MR) is 51.3 cm³/mol. The third-order valence-corrected chi connectivity index (χ3v) is 1.84. The molecule has 0 fully saturated rings. The number of benzene rings is 1. The van der Waals surface area contributed by atoms with Crippen molar-refractivity contribution in [2.45, 2.75) is 12.0 Å². The molecule has 1 rings (SSSR count). The van der Waals surface area contributed by atoms with E-state index in [1.54, 1.807) is 18.2 Å². The van der Waals surface area contributed by atoms with E-state index in [4.69, 9.17) is 21.6 Å². The number of ether oxygens (including phenoxy) is 1. The van der Waals surface area contributed by atoms with Crippen LogP contribution in [0.25, 0.3) is 0 Å². The predicted octanol–water partition coefficient (Wildman–Crippen LogP) is 2.47. The molecule has 0 amide bonds. The number of nitriles is 1. The van der Waals surface area contributed by atoms with Gasteiger partial charge >= 0.3 is 0 Å². The molecule has 14 heavy (non-hydrogen) atoms. The number of hydrogen-bond acceptors (Lipinski definition) is 2. The molecule has 0 aliphatic rings. The molecule has 0 saturated heterocycles. The molecule has 0 aromatic heterocycles. The van der Waals surface area contributed by atoms with Gasteiger partial charge < -0.3 is 4.74 Å². The van der Waals surface area contributed by atoms with E-state index < -0.39 is 5.38 Å². The Balaban J connectivity index is 2.40. The largest absolute Gasteiger partial charge is 0.374 e. The summed E-state index contributed by atoms with van der Waals surface area (Å²) in [4.78, 5) is 0. The molecule has 0 heterocycles. The highest BCUT2D eigenvalue weighted by Crippen LogP contribution is 2.08. The van der Waals surface area contributed by atoms with Crippen LogP contribution in [0, 0.1) is 17.1 Å². The smallest absolute Gasteiger partial charge is 0.143 e. The lowest BCUT2D eigenvalue weighted by atomic mass is 10.2. The maximum Gasteiger partial charge on any atom is 0.143 e. The van der Waals surface area contributed by atoms with E-state index in [2.05, 4.69) is 0 Å². The molecular weight excluding hydrogens is 205 g/mol. The highest BCUT2D eigenvalue weighted by molar-refractivity contribution is 6.22. The summed E-state index contributed by atoms with van der Waals surface area (Å²) in [6.07, 6.45) is 0. The fourth-order valence-corrected chi connectivity index (χ4v) is 1.01. The van der Waals surface area contributed by atoms with Crippen molar-refractivity contribution in [3.63, 3.8) is 0 Å². The summed E-state index contributed by atoms with van der Waals surface area (Å²) >= 11 is 5.49. The van der Waals surface area contributed by atoms with Crippen molar-refractivity contribution in [3.05, 3.63) is 35.6 Å². The van der Waals surface area contributed by atoms with Crippen LogP contribution in [-0.4, -0.2) is 12.0 Å². The Morgan fingerprint density at radius 2 is 2.21 bits per heavy atom. The number of nitrogens with zero attached hydrogens (tertiary/aromatic N) is 1. The van der Waals surface area contributed by atoms with Crippen molar-refractivity contribution in [1.82, 2.24) is 0 Å². The fraction of sp³-hybridized carbons (Fsp3) is 0.300. The van der Waals surface area contributed by atoms with Crippen molar-refractivity contribution in [3.8, 4) is 6.07 Å². The van der Waals surface area contributed by atoms with Gasteiger partial charge in [0.25, 0.3) is 0 Å². The van der Waals surface area contributed by atoms with Gasteiger partial charge in [-0.25, -0.2) is 4.39 Å². The second-order valence-corrected chi connectivity index (χ2v) is 3.23. The molecule has 2 nitrogen and oxygen atoms in total. The van der Waals surface area contributed by atoms with Crippen LogP contribution in [0.3, 0.4) is 0 Å². The van der Waals surface area contributed by atoms with Crippen LogP contribution in [0.5, 0.6) is 0 Å².